The van der Waals surface area contributed by atoms with Gasteiger partial charge in [-0.1, -0.05) is 18.2 Å². The summed E-state index contributed by atoms with van der Waals surface area (Å²) in [4.78, 5) is 16.1. The summed E-state index contributed by atoms with van der Waals surface area (Å²) in [5.41, 5.74) is 3.28. The first kappa shape index (κ1) is 15.0. The summed E-state index contributed by atoms with van der Waals surface area (Å²) in [6, 6.07) is 5.99. The Bertz CT molecular complexity index is 479. The fraction of sp³-hybridized carbons (Fsp3) is 0.562. The van der Waals surface area contributed by atoms with Gasteiger partial charge < -0.3 is 10.0 Å². The first-order valence-electron chi connectivity index (χ1n) is 7.18. The van der Waals surface area contributed by atoms with Gasteiger partial charge in [-0.2, -0.15) is 0 Å². The second-order valence-electron chi connectivity index (χ2n) is 5.84. The maximum Gasteiger partial charge on any atom is 0.312 e. The molecule has 1 atom stereocenters. The Balaban J connectivity index is 2.10. The van der Waals surface area contributed by atoms with Gasteiger partial charge in [-0.15, -0.1) is 0 Å². The van der Waals surface area contributed by atoms with Gasteiger partial charge in [0.1, 0.15) is 0 Å². The van der Waals surface area contributed by atoms with Crippen LogP contribution >= 0.6 is 0 Å². The molecule has 0 saturated carbocycles. The fourth-order valence-electron chi connectivity index (χ4n) is 2.60. The van der Waals surface area contributed by atoms with E-state index in [0.29, 0.717) is 6.54 Å². The Hall–Kier alpha value is -1.39. The van der Waals surface area contributed by atoms with E-state index >= 15 is 0 Å². The third kappa shape index (κ3) is 3.58. The quantitative estimate of drug-likeness (QED) is 0.909. The monoisotopic (exact) mass is 276 g/mol. The van der Waals surface area contributed by atoms with Crippen molar-refractivity contribution in [3.05, 3.63) is 34.9 Å². The molecule has 1 aliphatic heterocycles. The number of benzene rings is 1. The lowest BCUT2D eigenvalue weighted by Crippen LogP contribution is -2.46. The van der Waals surface area contributed by atoms with E-state index in [2.05, 4.69) is 23.8 Å². The van der Waals surface area contributed by atoms with Crippen molar-refractivity contribution in [3.63, 3.8) is 0 Å². The number of likely N-dealkylation sites (N-methyl/N-ethyl adjacent to an activating group) is 1. The van der Waals surface area contributed by atoms with E-state index in [9.17, 15) is 9.90 Å². The molecule has 0 spiro atoms. The molecule has 0 bridgehead atoms. The lowest BCUT2D eigenvalue weighted by Gasteiger charge is -2.33. The van der Waals surface area contributed by atoms with Gasteiger partial charge in [0.05, 0.1) is 5.92 Å². The Labute approximate surface area is 121 Å². The van der Waals surface area contributed by atoms with Gasteiger partial charge in [0, 0.05) is 32.7 Å². The number of aryl methyl sites for hydroxylation is 2. The third-order valence-corrected chi connectivity index (χ3v) is 4.27. The average Bonchev–Trinajstić information content (AvgIpc) is 2.41. The molecule has 0 radical (unpaired) electrons. The van der Waals surface area contributed by atoms with Crippen LogP contribution in [0.5, 0.6) is 0 Å². The number of hydrogen-bond acceptors (Lipinski definition) is 3. The molecule has 0 aromatic heterocycles. The number of carboxylic acids is 1. The summed E-state index contributed by atoms with van der Waals surface area (Å²) in [5, 5.41) is 9.53. The van der Waals surface area contributed by atoms with Crippen molar-refractivity contribution in [3.8, 4) is 0 Å². The van der Waals surface area contributed by atoms with Gasteiger partial charge in [-0.05, 0) is 37.6 Å². The highest BCUT2D eigenvalue weighted by Crippen LogP contribution is 2.21. The van der Waals surface area contributed by atoms with E-state index < -0.39 is 11.9 Å². The van der Waals surface area contributed by atoms with Gasteiger partial charge in [0.25, 0.3) is 0 Å². The largest absolute Gasteiger partial charge is 0.481 e. The molecule has 1 N–H and O–H groups in total. The molecular formula is C16H24N2O2. The van der Waals surface area contributed by atoms with Gasteiger partial charge in [-0.3, -0.25) is 9.69 Å². The van der Waals surface area contributed by atoms with Gasteiger partial charge in [-0.25, -0.2) is 0 Å². The summed E-state index contributed by atoms with van der Waals surface area (Å²) in [5.74, 6) is -1.16. The van der Waals surface area contributed by atoms with E-state index in [4.69, 9.17) is 0 Å². The van der Waals surface area contributed by atoms with Crippen LogP contribution in [0.3, 0.4) is 0 Å². The molecule has 1 fully saturated rings. The zero-order chi connectivity index (χ0) is 14.7. The van der Waals surface area contributed by atoms with Crippen LogP contribution in [0.15, 0.2) is 18.2 Å². The molecule has 1 heterocycles. The van der Waals surface area contributed by atoms with Crippen LogP contribution in [0, 0.1) is 13.8 Å². The first-order valence-corrected chi connectivity index (χ1v) is 7.18. The third-order valence-electron chi connectivity index (χ3n) is 4.27. The Morgan fingerprint density at radius 1 is 1.20 bits per heavy atom. The lowest BCUT2D eigenvalue weighted by atomic mass is 9.95. The van der Waals surface area contributed by atoms with Crippen LogP contribution in [0.4, 0.5) is 0 Å². The highest BCUT2D eigenvalue weighted by Gasteiger charge is 2.25. The second-order valence-corrected chi connectivity index (χ2v) is 5.84. The molecule has 1 aromatic carbocycles. The Morgan fingerprint density at radius 3 is 2.40 bits per heavy atom. The molecule has 1 aliphatic rings. The number of aliphatic carboxylic acids is 1. The maximum absolute atomic E-state index is 11.6. The van der Waals surface area contributed by atoms with Gasteiger partial charge in [0.15, 0.2) is 0 Å². The topological polar surface area (TPSA) is 43.8 Å². The Kier molecular flexibility index (Phi) is 4.78. The molecule has 20 heavy (non-hydrogen) atoms. The maximum atomic E-state index is 11.6. The summed E-state index contributed by atoms with van der Waals surface area (Å²) in [6.45, 7) is 8.61. The minimum Gasteiger partial charge on any atom is -0.481 e. The number of carboxylic acid groups (broad SMARTS) is 1. The molecule has 1 saturated heterocycles. The standard InChI is InChI=1S/C16H24N2O2/c1-12-4-5-14(10-13(12)2)15(16(19)20)11-18-8-6-17(3)7-9-18/h4-5,10,15H,6-9,11H2,1-3H3,(H,19,20). The minimum absolute atomic E-state index is 0.433. The van der Waals surface area contributed by atoms with E-state index in [-0.39, 0.29) is 0 Å². The summed E-state index contributed by atoms with van der Waals surface area (Å²) in [6.07, 6.45) is 0. The zero-order valence-electron chi connectivity index (χ0n) is 12.6. The van der Waals surface area contributed by atoms with E-state index in [0.717, 1.165) is 37.3 Å². The predicted octanol–water partition coefficient (Wildman–Crippen LogP) is 1.72. The molecule has 4 heteroatoms. The normalized spacial score (nSPS) is 18.9. The molecule has 110 valence electrons. The van der Waals surface area contributed by atoms with Gasteiger partial charge in [0.2, 0.25) is 0 Å². The predicted molar refractivity (Wildman–Crippen MR) is 80.2 cm³/mol. The first-order chi connectivity index (χ1) is 9.47. The molecule has 4 nitrogen and oxygen atoms in total. The minimum atomic E-state index is -0.729. The van der Waals surface area contributed by atoms with Gasteiger partial charge >= 0.3 is 5.97 Å². The highest BCUT2D eigenvalue weighted by molar-refractivity contribution is 5.76. The SMILES string of the molecule is Cc1ccc(C(CN2CCN(C)CC2)C(=O)O)cc1C. The van der Waals surface area contributed by atoms with Crippen molar-refractivity contribution < 1.29 is 9.90 Å². The van der Waals surface area contributed by atoms with Crippen LogP contribution in [-0.2, 0) is 4.79 Å². The van der Waals surface area contributed by atoms with Crippen molar-refractivity contribution in [1.82, 2.24) is 9.80 Å². The van der Waals surface area contributed by atoms with Crippen molar-refractivity contribution in [2.45, 2.75) is 19.8 Å². The second kappa shape index (κ2) is 6.37. The summed E-state index contributed by atoms with van der Waals surface area (Å²) < 4.78 is 0. The molecule has 2 rings (SSSR count). The van der Waals surface area contributed by atoms with Crippen molar-refractivity contribution >= 4 is 5.97 Å². The molecule has 1 aromatic rings. The van der Waals surface area contributed by atoms with Crippen molar-refractivity contribution in [1.29, 1.82) is 0 Å². The van der Waals surface area contributed by atoms with E-state index in [1.54, 1.807) is 0 Å². The molecule has 0 aliphatic carbocycles. The van der Waals surface area contributed by atoms with Crippen molar-refractivity contribution in [2.24, 2.45) is 0 Å². The van der Waals surface area contributed by atoms with E-state index in [1.807, 2.05) is 25.1 Å². The molecule has 1 unspecified atom stereocenters. The summed E-state index contributed by atoms with van der Waals surface area (Å²) >= 11 is 0. The van der Waals surface area contributed by atoms with Crippen LogP contribution in [0.2, 0.25) is 0 Å². The zero-order valence-corrected chi connectivity index (χ0v) is 12.6. The number of nitrogens with zero attached hydrogens (tertiary/aromatic N) is 2. The smallest absolute Gasteiger partial charge is 0.312 e. The van der Waals surface area contributed by atoms with Crippen LogP contribution in [0.1, 0.15) is 22.6 Å². The fourth-order valence-corrected chi connectivity index (χ4v) is 2.60. The van der Waals surface area contributed by atoms with Crippen molar-refractivity contribution in [2.75, 3.05) is 39.8 Å². The van der Waals surface area contributed by atoms with Crippen LogP contribution in [0.25, 0.3) is 0 Å². The highest BCUT2D eigenvalue weighted by atomic mass is 16.4. The average molecular weight is 276 g/mol. The molecule has 0 amide bonds. The van der Waals surface area contributed by atoms with E-state index in [1.165, 1.54) is 5.56 Å². The Morgan fingerprint density at radius 2 is 1.85 bits per heavy atom. The number of piperazine rings is 1. The number of hydrogen-bond donors (Lipinski definition) is 1. The number of carbonyl (C=O) groups is 1. The van der Waals surface area contributed by atoms with Crippen LogP contribution < -0.4 is 0 Å². The molecular weight excluding hydrogens is 252 g/mol. The summed E-state index contributed by atoms with van der Waals surface area (Å²) in [7, 11) is 2.11. The lowest BCUT2D eigenvalue weighted by molar-refractivity contribution is -0.139. The number of rotatable bonds is 4. The van der Waals surface area contributed by atoms with Crippen LogP contribution in [-0.4, -0.2) is 60.6 Å².